The molecule has 0 bridgehead atoms. The van der Waals surface area contributed by atoms with Gasteiger partial charge in [-0.3, -0.25) is 18.9 Å². The van der Waals surface area contributed by atoms with Crippen LogP contribution in [0, 0.1) is 0 Å². The first-order valence-electron chi connectivity index (χ1n) is 7.56. The highest BCUT2D eigenvalue weighted by atomic mass is 35.5. The lowest BCUT2D eigenvalue weighted by atomic mass is 10.0. The molecule has 2 heterocycles. The summed E-state index contributed by atoms with van der Waals surface area (Å²) in [6, 6.07) is 0.976. The molecule has 0 saturated carbocycles. The third kappa shape index (κ3) is 6.40. The Morgan fingerprint density at radius 2 is 1.80 bits per heavy atom. The zero-order valence-electron chi connectivity index (χ0n) is 14.7. The van der Waals surface area contributed by atoms with Gasteiger partial charge in [-0.2, -0.15) is 8.62 Å². The number of aromatic amines is 1. The summed E-state index contributed by atoms with van der Waals surface area (Å²) in [5.41, 5.74) is -1.64. The molecule has 0 amide bonds. The van der Waals surface area contributed by atoms with Crippen molar-refractivity contribution in [1.82, 2.24) is 9.55 Å². The number of nitrogens with zero attached hydrogens (tertiary/aromatic N) is 1. The summed E-state index contributed by atoms with van der Waals surface area (Å²) in [5.74, 6) is 0. The quantitative estimate of drug-likeness (QED) is 0.182. The van der Waals surface area contributed by atoms with Gasteiger partial charge in [-0.15, -0.1) is 11.6 Å². The van der Waals surface area contributed by atoms with Gasteiger partial charge in [0.2, 0.25) is 0 Å². The van der Waals surface area contributed by atoms with Crippen LogP contribution in [0.15, 0.2) is 21.9 Å². The van der Waals surface area contributed by atoms with Gasteiger partial charge in [-0.25, -0.2) is 18.5 Å². The molecule has 30 heavy (non-hydrogen) atoms. The maximum atomic E-state index is 11.9. The van der Waals surface area contributed by atoms with Crippen molar-refractivity contribution in [3.05, 3.63) is 33.1 Å². The molecule has 172 valence electrons. The second kappa shape index (κ2) is 8.68. The van der Waals surface area contributed by atoms with Crippen molar-refractivity contribution < 1.29 is 56.3 Å². The number of aromatic nitrogens is 2. The van der Waals surface area contributed by atoms with E-state index in [1.807, 2.05) is 4.98 Å². The second-order valence-corrected chi connectivity index (χ2v) is 11.3. The van der Waals surface area contributed by atoms with Crippen molar-refractivity contribution in [3.63, 3.8) is 0 Å². The molecular weight excluding hydrogens is 500 g/mol. The lowest BCUT2D eigenvalue weighted by Crippen LogP contribution is -2.42. The highest BCUT2D eigenvalue weighted by Crippen LogP contribution is 2.66. The zero-order chi connectivity index (χ0) is 23.1. The van der Waals surface area contributed by atoms with E-state index in [1.165, 1.54) is 6.92 Å². The Balaban J connectivity index is 2.13. The number of nitrogens with one attached hydrogen (secondary N) is 1. The zero-order valence-corrected chi connectivity index (χ0v) is 18.1. The van der Waals surface area contributed by atoms with Crippen LogP contribution in [0.2, 0.25) is 0 Å². The summed E-state index contributed by atoms with van der Waals surface area (Å²) >= 11 is 6.22. The first kappa shape index (κ1) is 25.6. The van der Waals surface area contributed by atoms with E-state index in [9.17, 15) is 33.3 Å². The van der Waals surface area contributed by atoms with Gasteiger partial charge in [-0.1, -0.05) is 0 Å². The maximum absolute atomic E-state index is 11.9. The number of rotatable bonds is 8. The second-order valence-electron chi connectivity index (χ2n) is 6.03. The fourth-order valence-electron chi connectivity index (χ4n) is 2.43. The number of halogens is 1. The van der Waals surface area contributed by atoms with Crippen molar-refractivity contribution in [2.45, 2.75) is 30.2 Å². The van der Waals surface area contributed by atoms with Crippen LogP contribution in [-0.2, 0) is 31.6 Å². The van der Waals surface area contributed by atoms with E-state index >= 15 is 0 Å². The van der Waals surface area contributed by atoms with Crippen LogP contribution in [0.25, 0.3) is 0 Å². The van der Waals surface area contributed by atoms with Crippen LogP contribution in [-0.4, -0.2) is 57.9 Å². The Morgan fingerprint density at radius 3 is 2.33 bits per heavy atom. The average Bonchev–Trinajstić information content (AvgIpc) is 2.73. The topological polar surface area (TPSA) is 244 Å². The molecule has 1 fully saturated rings. The molecule has 6 atom stereocenters. The minimum absolute atomic E-state index is 0.713. The molecule has 0 aromatic carbocycles. The first-order chi connectivity index (χ1) is 13.4. The van der Waals surface area contributed by atoms with Gasteiger partial charge in [0.25, 0.3) is 5.56 Å². The SMILES string of the molecule is C[C@@]1(Cl)[C@H](O)[C@@H](COP(=O)(O)OP(=O)(O)OP(=O)(O)O)O[C@H]1n1ccc(=O)[nH]c1=O. The summed E-state index contributed by atoms with van der Waals surface area (Å²) in [6.45, 7) is 0.272. The summed E-state index contributed by atoms with van der Waals surface area (Å²) in [7, 11) is -16.7. The minimum atomic E-state index is -5.72. The molecular formula is C10H16ClN2O14P3. The van der Waals surface area contributed by atoms with E-state index < -0.39 is 64.6 Å². The lowest BCUT2D eigenvalue weighted by molar-refractivity contribution is -0.0460. The van der Waals surface area contributed by atoms with Gasteiger partial charge < -0.3 is 29.4 Å². The summed E-state index contributed by atoms with van der Waals surface area (Å²) in [6.07, 6.45) is -3.46. The Labute approximate surface area is 171 Å². The molecule has 1 aliphatic rings. The standard InChI is InChI=1S/C10H16ClN2O14P3/c1-10(11)7(15)5(25-8(10)13-3-2-6(14)12-9(13)16)4-24-29(20,21)27-30(22,23)26-28(17,18)19/h2-3,5,7-8,15H,4H2,1H3,(H,20,21)(H,22,23)(H,12,14,16)(H2,17,18,19)/t5-,7-,8-,10-/m1/s1. The molecule has 1 aromatic rings. The van der Waals surface area contributed by atoms with Crippen molar-refractivity contribution in [1.29, 1.82) is 0 Å². The average molecular weight is 517 g/mol. The van der Waals surface area contributed by atoms with E-state index in [1.54, 1.807) is 0 Å². The number of hydrogen-bond acceptors (Lipinski definition) is 10. The molecule has 0 aliphatic carbocycles. The van der Waals surface area contributed by atoms with E-state index in [4.69, 9.17) is 31.0 Å². The number of aliphatic hydroxyl groups excluding tert-OH is 1. The highest BCUT2D eigenvalue weighted by molar-refractivity contribution is 7.66. The third-order valence-electron chi connectivity index (χ3n) is 3.64. The largest absolute Gasteiger partial charge is 0.490 e. The van der Waals surface area contributed by atoms with Gasteiger partial charge in [0.1, 0.15) is 17.1 Å². The van der Waals surface area contributed by atoms with Crippen molar-refractivity contribution in [3.8, 4) is 0 Å². The van der Waals surface area contributed by atoms with E-state index in [-0.39, 0.29) is 0 Å². The predicted octanol–water partition coefficient (Wildman–Crippen LogP) is -0.864. The van der Waals surface area contributed by atoms with Crippen LogP contribution in [0.4, 0.5) is 0 Å². The van der Waals surface area contributed by atoms with Crippen molar-refractivity contribution in [2.24, 2.45) is 0 Å². The predicted molar refractivity (Wildman–Crippen MR) is 95.3 cm³/mol. The Kier molecular flexibility index (Phi) is 7.39. The van der Waals surface area contributed by atoms with Crippen LogP contribution < -0.4 is 11.2 Å². The van der Waals surface area contributed by atoms with Gasteiger partial charge in [0, 0.05) is 12.3 Å². The number of ether oxygens (including phenoxy) is 1. The summed E-state index contributed by atoms with van der Waals surface area (Å²) in [5, 5.41) is 10.3. The maximum Gasteiger partial charge on any atom is 0.490 e. The third-order valence-corrected chi connectivity index (χ3v) is 7.85. The normalized spacial score (nSPS) is 31.2. The lowest BCUT2D eigenvalue weighted by Gasteiger charge is -2.26. The number of phosphoric ester groups is 1. The van der Waals surface area contributed by atoms with Crippen LogP contribution in [0.3, 0.4) is 0 Å². The minimum Gasteiger partial charge on any atom is -0.388 e. The smallest absolute Gasteiger partial charge is 0.388 e. The molecule has 2 rings (SSSR count). The molecule has 2 unspecified atom stereocenters. The fourth-order valence-corrected chi connectivity index (χ4v) is 5.76. The van der Waals surface area contributed by atoms with Crippen molar-refractivity contribution >= 4 is 35.1 Å². The highest BCUT2D eigenvalue weighted by Gasteiger charge is 2.54. The van der Waals surface area contributed by atoms with Gasteiger partial charge >= 0.3 is 29.2 Å². The first-order valence-corrected chi connectivity index (χ1v) is 12.5. The number of hydrogen-bond donors (Lipinski definition) is 6. The van der Waals surface area contributed by atoms with Gasteiger partial charge in [0.15, 0.2) is 6.23 Å². The summed E-state index contributed by atoms with van der Waals surface area (Å²) in [4.78, 5) is 58.8. The number of aliphatic hydroxyl groups is 1. The van der Waals surface area contributed by atoms with Crippen LogP contribution in [0.1, 0.15) is 13.2 Å². The molecule has 6 N–H and O–H groups in total. The van der Waals surface area contributed by atoms with E-state index in [0.29, 0.717) is 0 Å². The molecule has 16 nitrogen and oxygen atoms in total. The molecule has 1 aliphatic heterocycles. The molecule has 0 radical (unpaired) electrons. The van der Waals surface area contributed by atoms with E-state index in [2.05, 4.69) is 13.1 Å². The van der Waals surface area contributed by atoms with Gasteiger partial charge in [-0.05, 0) is 6.92 Å². The fraction of sp³-hybridized carbons (Fsp3) is 0.600. The number of alkyl halides is 1. The van der Waals surface area contributed by atoms with Crippen molar-refractivity contribution in [2.75, 3.05) is 6.61 Å². The Bertz CT molecular complexity index is 1050. The monoisotopic (exact) mass is 516 g/mol. The molecule has 1 saturated heterocycles. The molecule has 0 spiro atoms. The van der Waals surface area contributed by atoms with E-state index in [0.717, 1.165) is 16.8 Å². The summed E-state index contributed by atoms with van der Waals surface area (Å²) < 4.78 is 51.3. The van der Waals surface area contributed by atoms with Crippen LogP contribution >= 0.6 is 35.1 Å². The van der Waals surface area contributed by atoms with Crippen LogP contribution in [0.5, 0.6) is 0 Å². The Morgan fingerprint density at radius 1 is 1.20 bits per heavy atom. The van der Waals surface area contributed by atoms with Gasteiger partial charge in [0.05, 0.1) is 6.61 Å². The molecule has 1 aromatic heterocycles. The molecule has 20 heteroatoms. The number of H-pyrrole nitrogens is 1. The Hall–Kier alpha value is -0.700. The number of phosphoric acid groups is 3.